The van der Waals surface area contributed by atoms with Gasteiger partial charge in [0, 0.05) is 18.1 Å². The third-order valence-corrected chi connectivity index (χ3v) is 5.24. The van der Waals surface area contributed by atoms with E-state index in [1.54, 1.807) is 6.08 Å². The Bertz CT molecular complexity index is 1140. The third-order valence-electron chi connectivity index (χ3n) is 4.84. The van der Waals surface area contributed by atoms with E-state index in [9.17, 15) is 28.2 Å². The molecule has 0 amide bonds. The highest BCUT2D eigenvalue weighted by molar-refractivity contribution is 6.34. The highest BCUT2D eigenvalue weighted by Crippen LogP contribution is 2.39. The molecule has 2 aromatic carbocycles. The molecule has 0 saturated heterocycles. The molecular formula is C26H24ClF3O6. The number of aromatic hydroxyl groups is 2. The number of hydrogen-bond donors (Lipinski definition) is 2. The van der Waals surface area contributed by atoms with Gasteiger partial charge in [-0.1, -0.05) is 60.2 Å². The molecule has 0 aromatic heterocycles. The van der Waals surface area contributed by atoms with Crippen LogP contribution in [0, 0.1) is 0 Å². The SMILES string of the molecule is COC1=C\c2c(Cl)c(O)cc(O)c2C(=O)OC(c2ccccc2)C/C=C/CC\C=C\1.O=CC(F)(F)F. The number of fused-ring (bicyclic) bond motifs is 1. The second kappa shape index (κ2) is 13.4. The monoisotopic (exact) mass is 524 g/mol. The first kappa shape index (κ1) is 28.5. The number of alkyl halides is 3. The van der Waals surface area contributed by atoms with Gasteiger partial charge in [-0.2, -0.15) is 13.2 Å². The average Bonchev–Trinajstić information content (AvgIpc) is 2.84. The summed E-state index contributed by atoms with van der Waals surface area (Å²) >= 11 is 6.27. The molecular weight excluding hydrogens is 501 g/mol. The van der Waals surface area contributed by atoms with E-state index in [0.29, 0.717) is 12.2 Å². The van der Waals surface area contributed by atoms with Crippen LogP contribution in [0.3, 0.4) is 0 Å². The van der Waals surface area contributed by atoms with E-state index in [1.807, 2.05) is 48.6 Å². The number of aldehydes is 1. The standard InChI is InChI=1S/C24H23ClO5.C2HF3O/c1-29-17-12-8-3-2-4-9-13-21(16-10-6-5-7-11-16)30-24(28)22-18(14-17)23(25)20(27)15-19(22)26;3-2(4,5)1-6/h4-12,14-15,21,26-27H,2-3,13H2,1H3;1H/b9-4+,12-8+,17-14-;. The van der Waals surface area contributed by atoms with Gasteiger partial charge in [0.15, 0.2) is 0 Å². The molecule has 1 atom stereocenters. The normalized spacial score (nSPS) is 19.6. The van der Waals surface area contributed by atoms with Crippen molar-refractivity contribution in [1.82, 2.24) is 0 Å². The lowest BCUT2D eigenvalue weighted by atomic mass is 10.0. The highest BCUT2D eigenvalue weighted by Gasteiger charge is 2.26. The fourth-order valence-electron chi connectivity index (χ4n) is 3.16. The van der Waals surface area contributed by atoms with Gasteiger partial charge in [0.2, 0.25) is 6.29 Å². The van der Waals surface area contributed by atoms with Gasteiger partial charge in [-0.05, 0) is 30.6 Å². The van der Waals surface area contributed by atoms with Crippen LogP contribution in [0.4, 0.5) is 13.2 Å². The Morgan fingerprint density at radius 3 is 2.33 bits per heavy atom. The molecule has 0 fully saturated rings. The lowest BCUT2D eigenvalue weighted by molar-refractivity contribution is -0.156. The largest absolute Gasteiger partial charge is 0.507 e. The van der Waals surface area contributed by atoms with Crippen LogP contribution in [0.5, 0.6) is 11.5 Å². The Kier molecular flexibility index (Phi) is 10.6. The van der Waals surface area contributed by atoms with Crippen LogP contribution in [-0.4, -0.2) is 35.8 Å². The molecule has 6 nitrogen and oxygen atoms in total. The molecule has 0 aliphatic carbocycles. The Labute approximate surface area is 210 Å². The van der Waals surface area contributed by atoms with Gasteiger partial charge < -0.3 is 19.7 Å². The summed E-state index contributed by atoms with van der Waals surface area (Å²) in [5.74, 6) is -1.11. The number of phenolic OH excluding ortho intramolecular Hbond substituents is 2. The molecule has 1 aliphatic rings. The van der Waals surface area contributed by atoms with Crippen molar-refractivity contribution < 1.29 is 42.4 Å². The Hall–Kier alpha value is -3.72. The van der Waals surface area contributed by atoms with E-state index < -0.39 is 30.3 Å². The molecule has 0 saturated carbocycles. The number of hydrogen-bond acceptors (Lipinski definition) is 6. The topological polar surface area (TPSA) is 93.1 Å². The number of ether oxygens (including phenoxy) is 2. The first-order valence-corrected chi connectivity index (χ1v) is 11.1. The zero-order valence-corrected chi connectivity index (χ0v) is 19.9. The smallest absolute Gasteiger partial charge is 0.446 e. The summed E-state index contributed by atoms with van der Waals surface area (Å²) in [6.07, 6.45) is 5.05. The molecule has 0 radical (unpaired) electrons. The molecule has 0 bridgehead atoms. The van der Waals surface area contributed by atoms with Gasteiger partial charge in [0.1, 0.15) is 28.9 Å². The summed E-state index contributed by atoms with van der Waals surface area (Å²) in [7, 11) is 1.49. The fraction of sp³-hybridized carbons (Fsp3) is 0.231. The van der Waals surface area contributed by atoms with Crippen molar-refractivity contribution in [3.8, 4) is 11.5 Å². The predicted octanol–water partition coefficient (Wildman–Crippen LogP) is 6.68. The maximum absolute atomic E-state index is 13.1. The summed E-state index contributed by atoms with van der Waals surface area (Å²) in [6.45, 7) is 0. The van der Waals surface area contributed by atoms with Crippen molar-refractivity contribution in [3.05, 3.63) is 88.2 Å². The number of carbonyl (C=O) groups is 2. The lowest BCUT2D eigenvalue weighted by Crippen LogP contribution is -2.13. The van der Waals surface area contributed by atoms with Crippen LogP contribution in [0.15, 0.2) is 66.5 Å². The molecule has 36 heavy (non-hydrogen) atoms. The first-order chi connectivity index (χ1) is 17.1. The van der Waals surface area contributed by atoms with Crippen molar-refractivity contribution in [2.75, 3.05) is 7.11 Å². The van der Waals surface area contributed by atoms with E-state index in [0.717, 1.165) is 24.5 Å². The van der Waals surface area contributed by atoms with E-state index >= 15 is 0 Å². The maximum atomic E-state index is 13.1. The van der Waals surface area contributed by atoms with Gasteiger partial charge in [-0.3, -0.25) is 4.79 Å². The summed E-state index contributed by atoms with van der Waals surface area (Å²) in [4.78, 5) is 21.8. The minimum absolute atomic E-state index is 0.0778. The van der Waals surface area contributed by atoms with Crippen LogP contribution < -0.4 is 0 Å². The minimum Gasteiger partial charge on any atom is -0.507 e. The van der Waals surface area contributed by atoms with Crippen LogP contribution in [0.25, 0.3) is 6.08 Å². The fourth-order valence-corrected chi connectivity index (χ4v) is 3.36. The number of esters is 1. The highest BCUT2D eigenvalue weighted by atomic mass is 35.5. The third kappa shape index (κ3) is 8.49. The van der Waals surface area contributed by atoms with E-state index in [4.69, 9.17) is 25.9 Å². The van der Waals surface area contributed by atoms with Gasteiger partial charge in [0.05, 0.1) is 12.1 Å². The summed E-state index contributed by atoms with van der Waals surface area (Å²) < 4.78 is 42.4. The van der Waals surface area contributed by atoms with E-state index in [1.165, 1.54) is 13.2 Å². The molecule has 2 aromatic rings. The number of allylic oxidation sites excluding steroid dienone is 3. The van der Waals surface area contributed by atoms with Crippen molar-refractivity contribution in [3.63, 3.8) is 0 Å². The number of benzene rings is 2. The number of cyclic esters (lactones) is 1. The lowest BCUT2D eigenvalue weighted by Gasteiger charge is -2.19. The molecule has 1 heterocycles. The van der Waals surface area contributed by atoms with E-state index in [-0.39, 0.29) is 21.9 Å². The predicted molar refractivity (Wildman–Crippen MR) is 129 cm³/mol. The molecule has 10 heteroatoms. The number of rotatable bonds is 2. The summed E-state index contributed by atoms with van der Waals surface area (Å²) in [5, 5.41) is 20.4. The Morgan fingerprint density at radius 2 is 1.72 bits per heavy atom. The molecule has 3 rings (SSSR count). The van der Waals surface area contributed by atoms with Crippen LogP contribution >= 0.6 is 11.6 Å². The van der Waals surface area contributed by atoms with Gasteiger partial charge in [-0.15, -0.1) is 0 Å². The molecule has 192 valence electrons. The number of carbonyl (C=O) groups excluding carboxylic acids is 2. The van der Waals surface area contributed by atoms with Crippen LogP contribution in [-0.2, 0) is 14.3 Å². The Morgan fingerprint density at radius 1 is 1.08 bits per heavy atom. The van der Waals surface area contributed by atoms with Gasteiger partial charge in [-0.25, -0.2) is 4.79 Å². The summed E-state index contributed by atoms with van der Waals surface area (Å²) in [6, 6.07) is 10.4. The minimum atomic E-state index is -4.64. The number of methoxy groups -OCH3 is 1. The molecule has 2 N–H and O–H groups in total. The maximum Gasteiger partial charge on any atom is 0.446 e. The van der Waals surface area contributed by atoms with Crippen LogP contribution in [0.2, 0.25) is 5.02 Å². The number of halogens is 4. The van der Waals surface area contributed by atoms with Gasteiger partial charge in [0.25, 0.3) is 0 Å². The quantitative estimate of drug-likeness (QED) is 0.258. The van der Waals surface area contributed by atoms with Gasteiger partial charge >= 0.3 is 12.1 Å². The summed E-state index contributed by atoms with van der Waals surface area (Å²) in [5.41, 5.74) is 0.823. The Balaban J connectivity index is 0.000000678. The first-order valence-electron chi connectivity index (χ1n) is 10.7. The van der Waals surface area contributed by atoms with Crippen molar-refractivity contribution in [1.29, 1.82) is 0 Å². The molecule has 0 spiro atoms. The van der Waals surface area contributed by atoms with Crippen molar-refractivity contribution in [2.24, 2.45) is 0 Å². The van der Waals surface area contributed by atoms with E-state index in [2.05, 4.69) is 0 Å². The zero-order chi connectivity index (χ0) is 26.7. The van der Waals surface area contributed by atoms with Crippen molar-refractivity contribution in [2.45, 2.75) is 31.5 Å². The average molecular weight is 525 g/mol. The second-order valence-corrected chi connectivity index (χ2v) is 7.80. The van der Waals surface area contributed by atoms with Crippen molar-refractivity contribution >= 4 is 29.9 Å². The molecule has 1 unspecified atom stereocenters. The molecule has 1 aliphatic heterocycles. The van der Waals surface area contributed by atoms with Crippen LogP contribution in [0.1, 0.15) is 46.9 Å². The zero-order valence-electron chi connectivity index (χ0n) is 19.2. The number of phenols is 2. The second-order valence-electron chi connectivity index (χ2n) is 7.42.